The van der Waals surface area contributed by atoms with E-state index < -0.39 is 10.0 Å². The molecule has 0 saturated carbocycles. The minimum absolute atomic E-state index is 0.229. The van der Waals surface area contributed by atoms with Gasteiger partial charge in [0.05, 0.1) is 0 Å². The predicted octanol–water partition coefficient (Wildman–Crippen LogP) is 0.298. The number of nitrogens with one attached hydrogen (secondary N) is 1. The number of pyridine rings is 1. The first-order chi connectivity index (χ1) is 5.58. The lowest BCUT2D eigenvalue weighted by atomic mass is 10.3. The van der Waals surface area contributed by atoms with E-state index in [4.69, 9.17) is 0 Å². The molecule has 0 aliphatic rings. The summed E-state index contributed by atoms with van der Waals surface area (Å²) in [5, 5.41) is 0. The van der Waals surface area contributed by atoms with Crippen LogP contribution in [0.4, 0.5) is 0 Å². The molecular weight excluding hydrogens is 176 g/mol. The third-order valence-electron chi connectivity index (χ3n) is 1.55. The molecule has 0 unspecified atom stereocenters. The maximum Gasteiger partial charge on any atom is 0.242 e. The van der Waals surface area contributed by atoms with E-state index in [2.05, 4.69) is 9.71 Å². The molecule has 0 spiro atoms. The van der Waals surface area contributed by atoms with Gasteiger partial charge in [-0.15, -0.1) is 0 Å². The van der Waals surface area contributed by atoms with Crippen LogP contribution in [0.1, 0.15) is 5.56 Å². The van der Waals surface area contributed by atoms with Crippen LogP contribution in [0.2, 0.25) is 0 Å². The van der Waals surface area contributed by atoms with Gasteiger partial charge >= 0.3 is 0 Å². The van der Waals surface area contributed by atoms with Crippen LogP contribution in [0.5, 0.6) is 0 Å². The van der Waals surface area contributed by atoms with Crippen molar-refractivity contribution >= 4 is 10.0 Å². The molecule has 0 atom stereocenters. The first kappa shape index (κ1) is 9.15. The number of hydrogen-bond donors (Lipinski definition) is 1. The monoisotopic (exact) mass is 186 g/mol. The topological polar surface area (TPSA) is 59.1 Å². The van der Waals surface area contributed by atoms with Gasteiger partial charge in [0.25, 0.3) is 0 Å². The molecule has 5 heteroatoms. The summed E-state index contributed by atoms with van der Waals surface area (Å²) in [6.45, 7) is 1.73. The largest absolute Gasteiger partial charge is 0.263 e. The van der Waals surface area contributed by atoms with Crippen molar-refractivity contribution in [2.75, 3.05) is 7.05 Å². The van der Waals surface area contributed by atoms with Gasteiger partial charge in [-0.3, -0.25) is 4.98 Å². The van der Waals surface area contributed by atoms with E-state index in [1.54, 1.807) is 19.2 Å². The third-order valence-corrected chi connectivity index (χ3v) is 3.09. The Labute approximate surface area is 71.7 Å². The van der Waals surface area contributed by atoms with Crippen molar-refractivity contribution in [3.63, 3.8) is 0 Å². The Morgan fingerprint density at radius 1 is 1.50 bits per heavy atom. The lowest BCUT2D eigenvalue weighted by Gasteiger charge is -2.03. The summed E-state index contributed by atoms with van der Waals surface area (Å²) in [7, 11) is -1.96. The van der Waals surface area contributed by atoms with Gasteiger partial charge < -0.3 is 0 Å². The molecule has 66 valence electrons. The van der Waals surface area contributed by atoms with E-state index in [9.17, 15) is 8.42 Å². The first-order valence-corrected chi connectivity index (χ1v) is 4.90. The molecule has 0 radical (unpaired) electrons. The summed E-state index contributed by atoms with van der Waals surface area (Å²) in [5.41, 5.74) is 0.694. The van der Waals surface area contributed by atoms with Gasteiger partial charge in [0.2, 0.25) is 10.0 Å². The highest BCUT2D eigenvalue weighted by Gasteiger charge is 2.13. The fourth-order valence-corrected chi connectivity index (χ4v) is 1.75. The Balaban J connectivity index is 3.30. The van der Waals surface area contributed by atoms with Crippen molar-refractivity contribution in [1.29, 1.82) is 0 Å². The molecule has 1 N–H and O–H groups in total. The van der Waals surface area contributed by atoms with Crippen LogP contribution in [0.15, 0.2) is 23.4 Å². The summed E-state index contributed by atoms with van der Waals surface area (Å²) < 4.78 is 24.8. The number of nitrogens with zero attached hydrogens (tertiary/aromatic N) is 1. The number of sulfonamides is 1. The summed E-state index contributed by atoms with van der Waals surface area (Å²) in [4.78, 5) is 3.97. The molecule has 12 heavy (non-hydrogen) atoms. The molecule has 0 fully saturated rings. The van der Waals surface area contributed by atoms with Gasteiger partial charge in [-0.25, -0.2) is 13.1 Å². The van der Waals surface area contributed by atoms with Gasteiger partial charge in [-0.2, -0.15) is 0 Å². The zero-order chi connectivity index (χ0) is 9.19. The van der Waals surface area contributed by atoms with Crippen molar-refractivity contribution in [2.24, 2.45) is 0 Å². The van der Waals surface area contributed by atoms with Gasteiger partial charge in [0.15, 0.2) is 0 Å². The lowest BCUT2D eigenvalue weighted by Crippen LogP contribution is -2.19. The van der Waals surface area contributed by atoms with Crippen LogP contribution in [-0.2, 0) is 10.0 Å². The van der Waals surface area contributed by atoms with Crippen LogP contribution in [-0.4, -0.2) is 20.4 Å². The highest BCUT2D eigenvalue weighted by Crippen LogP contribution is 2.10. The van der Waals surface area contributed by atoms with Crippen LogP contribution in [0, 0.1) is 6.92 Å². The van der Waals surface area contributed by atoms with Crippen LogP contribution < -0.4 is 4.72 Å². The Hall–Kier alpha value is -0.940. The molecule has 0 aliphatic carbocycles. The molecule has 1 aromatic heterocycles. The number of rotatable bonds is 2. The van der Waals surface area contributed by atoms with Crippen molar-refractivity contribution in [1.82, 2.24) is 9.71 Å². The SMILES string of the molecule is CNS(=O)(=O)c1cnccc1C. The van der Waals surface area contributed by atoms with Crippen molar-refractivity contribution in [3.05, 3.63) is 24.0 Å². The van der Waals surface area contributed by atoms with E-state index in [1.807, 2.05) is 0 Å². The lowest BCUT2D eigenvalue weighted by molar-refractivity contribution is 0.587. The Morgan fingerprint density at radius 3 is 2.67 bits per heavy atom. The molecule has 0 amide bonds. The average Bonchev–Trinajstić information content (AvgIpc) is 2.05. The predicted molar refractivity (Wildman–Crippen MR) is 45.2 cm³/mol. The summed E-state index contributed by atoms with van der Waals surface area (Å²) in [6, 6.07) is 1.66. The maximum atomic E-state index is 11.3. The van der Waals surface area contributed by atoms with E-state index >= 15 is 0 Å². The molecule has 0 aromatic carbocycles. The fourth-order valence-electron chi connectivity index (χ4n) is 0.841. The molecule has 0 saturated heterocycles. The molecule has 1 heterocycles. The second-order valence-corrected chi connectivity index (χ2v) is 4.20. The summed E-state index contributed by atoms with van der Waals surface area (Å²) in [5.74, 6) is 0. The van der Waals surface area contributed by atoms with E-state index in [0.717, 1.165) is 0 Å². The smallest absolute Gasteiger partial charge is 0.242 e. The molecular formula is C7H10N2O2S. The minimum Gasteiger partial charge on any atom is -0.263 e. The maximum absolute atomic E-state index is 11.3. The highest BCUT2D eigenvalue weighted by molar-refractivity contribution is 7.89. The first-order valence-electron chi connectivity index (χ1n) is 3.42. The zero-order valence-electron chi connectivity index (χ0n) is 6.90. The van der Waals surface area contributed by atoms with Crippen molar-refractivity contribution in [2.45, 2.75) is 11.8 Å². The van der Waals surface area contributed by atoms with Gasteiger partial charge in [0.1, 0.15) is 4.90 Å². The molecule has 0 bridgehead atoms. The van der Waals surface area contributed by atoms with Crippen LogP contribution in [0.3, 0.4) is 0 Å². The Bertz CT molecular complexity index is 373. The van der Waals surface area contributed by atoms with Gasteiger partial charge in [-0.05, 0) is 25.6 Å². The zero-order valence-corrected chi connectivity index (χ0v) is 7.72. The quantitative estimate of drug-likeness (QED) is 0.722. The number of hydrogen-bond acceptors (Lipinski definition) is 3. The molecule has 1 aromatic rings. The van der Waals surface area contributed by atoms with E-state index in [-0.39, 0.29) is 4.90 Å². The van der Waals surface area contributed by atoms with Crippen LogP contribution in [0.25, 0.3) is 0 Å². The third kappa shape index (κ3) is 1.62. The van der Waals surface area contributed by atoms with Crippen LogP contribution >= 0.6 is 0 Å². The Kier molecular flexibility index (Phi) is 2.44. The number of aromatic nitrogens is 1. The molecule has 4 nitrogen and oxygen atoms in total. The fraction of sp³-hybridized carbons (Fsp3) is 0.286. The second kappa shape index (κ2) is 3.20. The van der Waals surface area contributed by atoms with E-state index in [0.29, 0.717) is 5.56 Å². The highest BCUT2D eigenvalue weighted by atomic mass is 32.2. The normalized spacial score (nSPS) is 11.5. The van der Waals surface area contributed by atoms with Crippen molar-refractivity contribution in [3.8, 4) is 0 Å². The van der Waals surface area contributed by atoms with Gasteiger partial charge in [-0.1, -0.05) is 0 Å². The standard InChI is InChI=1S/C7H10N2O2S/c1-6-3-4-9-5-7(6)12(10,11)8-2/h3-5,8H,1-2H3. The second-order valence-electron chi connectivity index (χ2n) is 2.35. The van der Waals surface area contributed by atoms with Crippen molar-refractivity contribution < 1.29 is 8.42 Å². The molecule has 1 rings (SSSR count). The Morgan fingerprint density at radius 2 is 2.17 bits per heavy atom. The summed E-state index contributed by atoms with van der Waals surface area (Å²) >= 11 is 0. The minimum atomic E-state index is -3.34. The summed E-state index contributed by atoms with van der Waals surface area (Å²) in [6.07, 6.45) is 2.89. The number of aryl methyl sites for hydroxylation is 1. The average molecular weight is 186 g/mol. The molecule has 0 aliphatic heterocycles. The van der Waals surface area contributed by atoms with Gasteiger partial charge in [0, 0.05) is 12.4 Å². The van der Waals surface area contributed by atoms with E-state index in [1.165, 1.54) is 13.2 Å².